The molecular formula is C22H22ClFN4O7S. The molecule has 2 aliphatic heterocycles. The first-order valence-electron chi connectivity index (χ1n) is 10.8. The molecule has 0 bridgehead atoms. The van der Waals surface area contributed by atoms with E-state index in [1.54, 1.807) is 6.92 Å². The molecule has 0 spiro atoms. The Labute approximate surface area is 210 Å². The number of amides is 3. The molecule has 1 fully saturated rings. The zero-order valence-electron chi connectivity index (χ0n) is 18.9. The Morgan fingerprint density at radius 1 is 1.31 bits per heavy atom. The van der Waals surface area contributed by atoms with Gasteiger partial charge in [0.25, 0.3) is 10.0 Å². The van der Waals surface area contributed by atoms with Crippen molar-refractivity contribution in [1.29, 1.82) is 0 Å². The lowest BCUT2D eigenvalue weighted by Gasteiger charge is -2.36. The number of halogens is 2. The van der Waals surface area contributed by atoms with Gasteiger partial charge in [-0.2, -0.15) is 0 Å². The smallest absolute Gasteiger partial charge is 0.409 e. The van der Waals surface area contributed by atoms with Crippen molar-refractivity contribution >= 4 is 50.9 Å². The molecule has 2 aromatic carbocycles. The van der Waals surface area contributed by atoms with Gasteiger partial charge in [0.1, 0.15) is 23.2 Å². The quantitative estimate of drug-likeness (QED) is 0.438. The van der Waals surface area contributed by atoms with E-state index in [2.05, 4.69) is 16.0 Å². The van der Waals surface area contributed by atoms with Crippen molar-refractivity contribution in [3.8, 4) is 5.75 Å². The molecule has 2 aromatic rings. The van der Waals surface area contributed by atoms with Gasteiger partial charge in [0.15, 0.2) is 0 Å². The molecule has 14 heteroatoms. The van der Waals surface area contributed by atoms with Gasteiger partial charge in [-0.05, 0) is 49.7 Å². The molecule has 2 atom stereocenters. The van der Waals surface area contributed by atoms with Crippen LogP contribution in [0, 0.1) is 5.82 Å². The van der Waals surface area contributed by atoms with Crippen LogP contribution in [-0.2, 0) is 19.6 Å². The van der Waals surface area contributed by atoms with Crippen LogP contribution in [-0.4, -0.2) is 56.2 Å². The maximum absolute atomic E-state index is 13.7. The van der Waals surface area contributed by atoms with Crippen molar-refractivity contribution in [2.45, 2.75) is 36.3 Å². The second-order valence-electron chi connectivity index (χ2n) is 8.55. The van der Waals surface area contributed by atoms with Crippen molar-refractivity contribution in [2.75, 3.05) is 22.7 Å². The van der Waals surface area contributed by atoms with E-state index in [0.29, 0.717) is 6.42 Å². The topological polar surface area (TPSA) is 154 Å². The molecule has 2 aliphatic rings. The third-order valence-electron chi connectivity index (χ3n) is 5.88. The van der Waals surface area contributed by atoms with E-state index in [1.807, 2.05) is 0 Å². The summed E-state index contributed by atoms with van der Waals surface area (Å²) in [5.74, 6) is -1.35. The lowest BCUT2D eigenvalue weighted by molar-refractivity contribution is -0.129. The molecule has 11 nitrogen and oxygen atoms in total. The standard InChI is InChI=1S/C22H22ClFN4O7S/c1-22(7-6-19(29)27-22)20(30)25-10-13-11-28(36(33,34)14-3-4-16(24)15(23)9-14)17-8-12(26-21(31)32)2-5-18(17)35-13/h2-5,8-9,13,26H,6-7,10-11H2,1H3,(H,25,30)(H,27,29)(H,31,32)/t13-,22?/m0/s1. The Morgan fingerprint density at radius 2 is 2.06 bits per heavy atom. The van der Waals surface area contributed by atoms with Crippen LogP contribution >= 0.6 is 11.6 Å². The zero-order chi connectivity index (χ0) is 26.3. The van der Waals surface area contributed by atoms with Gasteiger partial charge in [-0.3, -0.25) is 19.2 Å². The molecule has 1 saturated heterocycles. The third-order valence-corrected chi connectivity index (χ3v) is 7.95. The number of carbonyl (C=O) groups is 3. The minimum atomic E-state index is -4.31. The van der Waals surface area contributed by atoms with Gasteiger partial charge in [0, 0.05) is 12.1 Å². The summed E-state index contributed by atoms with van der Waals surface area (Å²) in [7, 11) is -4.31. The van der Waals surface area contributed by atoms with Crippen LogP contribution in [0.3, 0.4) is 0 Å². The molecule has 0 aliphatic carbocycles. The summed E-state index contributed by atoms with van der Waals surface area (Å²) in [4.78, 5) is 35.0. The summed E-state index contributed by atoms with van der Waals surface area (Å²) < 4.78 is 47.6. The summed E-state index contributed by atoms with van der Waals surface area (Å²) in [6.07, 6.45) is -1.65. The van der Waals surface area contributed by atoms with Crippen molar-refractivity contribution in [2.24, 2.45) is 0 Å². The molecule has 192 valence electrons. The SMILES string of the molecule is CC1(C(=O)NC[C@H]2CN(S(=O)(=O)c3ccc(F)c(Cl)c3)c3cc(NC(=O)O)ccc3O2)CCC(=O)N1. The maximum Gasteiger partial charge on any atom is 0.409 e. The minimum absolute atomic E-state index is 0.0410. The van der Waals surface area contributed by atoms with Gasteiger partial charge in [-0.15, -0.1) is 0 Å². The van der Waals surface area contributed by atoms with Crippen LogP contribution in [0.4, 0.5) is 20.6 Å². The molecule has 0 radical (unpaired) electrons. The molecular weight excluding hydrogens is 519 g/mol. The monoisotopic (exact) mass is 540 g/mol. The number of benzene rings is 2. The number of rotatable bonds is 6. The van der Waals surface area contributed by atoms with E-state index >= 15 is 0 Å². The minimum Gasteiger partial charge on any atom is -0.484 e. The summed E-state index contributed by atoms with van der Waals surface area (Å²) in [6, 6.07) is 7.03. The number of fused-ring (bicyclic) bond motifs is 1. The van der Waals surface area contributed by atoms with Gasteiger partial charge in [0.2, 0.25) is 11.8 Å². The van der Waals surface area contributed by atoms with Crippen LogP contribution < -0.4 is 25.0 Å². The summed E-state index contributed by atoms with van der Waals surface area (Å²) in [6.45, 7) is 1.25. The summed E-state index contributed by atoms with van der Waals surface area (Å²) in [5.41, 5.74) is -0.948. The predicted molar refractivity (Wildman–Crippen MR) is 127 cm³/mol. The number of sulfonamides is 1. The van der Waals surface area contributed by atoms with Gasteiger partial charge in [-0.1, -0.05) is 11.6 Å². The number of anilines is 2. The summed E-state index contributed by atoms with van der Waals surface area (Å²) >= 11 is 5.81. The first kappa shape index (κ1) is 25.5. The van der Waals surface area contributed by atoms with Gasteiger partial charge < -0.3 is 20.5 Å². The van der Waals surface area contributed by atoms with Crippen molar-refractivity contribution < 1.29 is 37.0 Å². The fourth-order valence-corrected chi connectivity index (χ4v) is 5.75. The third kappa shape index (κ3) is 5.02. The van der Waals surface area contributed by atoms with Crippen LogP contribution in [0.25, 0.3) is 0 Å². The Balaban J connectivity index is 1.64. The Hall–Kier alpha value is -3.58. The normalized spacial score (nSPS) is 21.2. The highest BCUT2D eigenvalue weighted by atomic mass is 35.5. The molecule has 4 rings (SSSR count). The van der Waals surface area contributed by atoms with Gasteiger partial charge >= 0.3 is 6.09 Å². The molecule has 0 aromatic heterocycles. The zero-order valence-corrected chi connectivity index (χ0v) is 20.5. The van der Waals surface area contributed by atoms with Crippen molar-refractivity contribution in [3.63, 3.8) is 0 Å². The van der Waals surface area contributed by atoms with E-state index in [4.69, 9.17) is 21.4 Å². The highest BCUT2D eigenvalue weighted by molar-refractivity contribution is 7.92. The number of ether oxygens (including phenoxy) is 1. The fraction of sp³-hybridized carbons (Fsp3) is 0.318. The number of hydrogen-bond donors (Lipinski definition) is 4. The van der Waals surface area contributed by atoms with Crippen LogP contribution in [0.15, 0.2) is 41.3 Å². The Kier molecular flexibility index (Phi) is 6.71. The van der Waals surface area contributed by atoms with E-state index < -0.39 is 39.5 Å². The lowest BCUT2D eigenvalue weighted by atomic mass is 9.99. The molecule has 2 heterocycles. The first-order valence-corrected chi connectivity index (χ1v) is 12.6. The molecule has 36 heavy (non-hydrogen) atoms. The number of carboxylic acid groups (broad SMARTS) is 1. The predicted octanol–water partition coefficient (Wildman–Crippen LogP) is 2.31. The van der Waals surface area contributed by atoms with Crippen molar-refractivity contribution in [3.05, 3.63) is 47.2 Å². The largest absolute Gasteiger partial charge is 0.484 e. The second kappa shape index (κ2) is 9.47. The Morgan fingerprint density at radius 3 is 2.69 bits per heavy atom. The number of nitrogens with one attached hydrogen (secondary N) is 3. The van der Waals surface area contributed by atoms with E-state index in [1.165, 1.54) is 18.2 Å². The van der Waals surface area contributed by atoms with Gasteiger partial charge in [0.05, 0.1) is 28.7 Å². The number of hydrogen-bond acceptors (Lipinski definition) is 6. The van der Waals surface area contributed by atoms with E-state index in [9.17, 15) is 27.2 Å². The molecule has 4 N–H and O–H groups in total. The molecule has 1 unspecified atom stereocenters. The highest BCUT2D eigenvalue weighted by Crippen LogP contribution is 2.39. The number of carbonyl (C=O) groups excluding carboxylic acids is 2. The van der Waals surface area contributed by atoms with Crippen LogP contribution in [0.5, 0.6) is 5.75 Å². The molecule has 3 amide bonds. The average Bonchev–Trinajstić information content (AvgIpc) is 3.17. The maximum atomic E-state index is 13.7. The second-order valence-corrected chi connectivity index (χ2v) is 10.8. The van der Waals surface area contributed by atoms with Gasteiger partial charge in [-0.25, -0.2) is 17.6 Å². The highest BCUT2D eigenvalue weighted by Gasteiger charge is 2.41. The first-order chi connectivity index (χ1) is 16.9. The number of nitrogens with zero attached hydrogens (tertiary/aromatic N) is 1. The van der Waals surface area contributed by atoms with E-state index in [0.717, 1.165) is 22.5 Å². The van der Waals surface area contributed by atoms with Crippen molar-refractivity contribution in [1.82, 2.24) is 10.6 Å². The molecule has 0 saturated carbocycles. The Bertz CT molecular complexity index is 1360. The summed E-state index contributed by atoms with van der Waals surface area (Å²) in [5, 5.41) is 16.1. The fourth-order valence-electron chi connectivity index (χ4n) is 3.98. The average molecular weight is 541 g/mol. The van der Waals surface area contributed by atoms with Crippen LogP contribution in [0.1, 0.15) is 19.8 Å². The lowest BCUT2D eigenvalue weighted by Crippen LogP contribution is -2.55. The van der Waals surface area contributed by atoms with E-state index in [-0.39, 0.29) is 52.5 Å². The van der Waals surface area contributed by atoms with Crippen LogP contribution in [0.2, 0.25) is 5.02 Å².